The Morgan fingerprint density at radius 2 is 2.15 bits per heavy atom. The Kier molecular flexibility index (Phi) is 5.39. The molecule has 1 heterocycles. The van der Waals surface area contributed by atoms with Gasteiger partial charge in [0, 0.05) is 19.1 Å². The van der Waals surface area contributed by atoms with Gasteiger partial charge in [0.15, 0.2) is 0 Å². The maximum absolute atomic E-state index is 12.3. The Labute approximate surface area is 121 Å². The average molecular weight is 297 g/mol. The first-order valence-corrected chi connectivity index (χ1v) is 8.68. The van der Waals surface area contributed by atoms with E-state index in [4.69, 9.17) is 0 Å². The van der Waals surface area contributed by atoms with Gasteiger partial charge >= 0.3 is 0 Å². The van der Waals surface area contributed by atoms with E-state index in [0.29, 0.717) is 17.1 Å². The zero-order valence-corrected chi connectivity index (χ0v) is 12.7. The van der Waals surface area contributed by atoms with Gasteiger partial charge in [-0.2, -0.15) is 0 Å². The smallest absolute Gasteiger partial charge is 0.242 e. The molecule has 3 N–H and O–H groups in total. The zero-order chi connectivity index (χ0) is 14.4. The van der Waals surface area contributed by atoms with Crippen LogP contribution in [-0.4, -0.2) is 34.1 Å². The first kappa shape index (κ1) is 15.3. The van der Waals surface area contributed by atoms with Crippen LogP contribution in [0, 0.1) is 0 Å². The third-order valence-corrected chi connectivity index (χ3v) is 4.89. The Morgan fingerprint density at radius 3 is 2.85 bits per heavy atom. The molecule has 0 amide bonds. The van der Waals surface area contributed by atoms with Crippen molar-refractivity contribution < 1.29 is 8.42 Å². The van der Waals surface area contributed by atoms with Crippen molar-refractivity contribution in [1.82, 2.24) is 10.0 Å². The molecular formula is C14H23N3O2S. The van der Waals surface area contributed by atoms with Crippen molar-refractivity contribution in [2.24, 2.45) is 0 Å². The van der Waals surface area contributed by atoms with Gasteiger partial charge in [0.1, 0.15) is 4.90 Å². The molecule has 6 heteroatoms. The molecule has 1 aliphatic rings. The first-order valence-electron chi connectivity index (χ1n) is 7.19. The van der Waals surface area contributed by atoms with Crippen molar-refractivity contribution in [2.45, 2.75) is 37.1 Å². The standard InChI is InChI=1S/C14H23N3O2S/c1-2-9-16-20(18,19)14-8-4-3-7-13(14)17-12-6-5-10-15-11-12/h3-4,7-8,12,15-17H,2,5-6,9-11H2,1H3. The summed E-state index contributed by atoms with van der Waals surface area (Å²) in [5.41, 5.74) is 0.685. The van der Waals surface area contributed by atoms with Crippen molar-refractivity contribution in [3.8, 4) is 0 Å². The van der Waals surface area contributed by atoms with E-state index < -0.39 is 10.0 Å². The molecule has 1 aromatic rings. The molecule has 5 nitrogen and oxygen atoms in total. The molecule has 20 heavy (non-hydrogen) atoms. The van der Waals surface area contributed by atoms with E-state index in [1.807, 2.05) is 19.1 Å². The Bertz CT molecular complexity index is 525. The fraction of sp³-hybridized carbons (Fsp3) is 0.571. The highest BCUT2D eigenvalue weighted by molar-refractivity contribution is 7.89. The second-order valence-corrected chi connectivity index (χ2v) is 6.82. The molecule has 2 rings (SSSR count). The lowest BCUT2D eigenvalue weighted by molar-refractivity contribution is 0.479. The summed E-state index contributed by atoms with van der Waals surface area (Å²) < 4.78 is 27.2. The fourth-order valence-corrected chi connectivity index (χ4v) is 3.63. The summed E-state index contributed by atoms with van der Waals surface area (Å²) in [6.45, 7) is 4.31. The lowest BCUT2D eigenvalue weighted by Crippen LogP contribution is -2.39. The van der Waals surface area contributed by atoms with E-state index >= 15 is 0 Å². The van der Waals surface area contributed by atoms with Gasteiger partial charge < -0.3 is 10.6 Å². The van der Waals surface area contributed by atoms with Gasteiger partial charge in [0.25, 0.3) is 0 Å². The van der Waals surface area contributed by atoms with Gasteiger partial charge in [-0.15, -0.1) is 0 Å². The van der Waals surface area contributed by atoms with Crippen LogP contribution in [0.2, 0.25) is 0 Å². The van der Waals surface area contributed by atoms with Gasteiger partial charge in [-0.25, -0.2) is 13.1 Å². The number of nitrogens with one attached hydrogen (secondary N) is 3. The molecular weight excluding hydrogens is 274 g/mol. The maximum atomic E-state index is 12.3. The highest BCUT2D eigenvalue weighted by Crippen LogP contribution is 2.22. The molecule has 1 fully saturated rings. The second kappa shape index (κ2) is 7.06. The van der Waals surface area contributed by atoms with E-state index in [1.165, 1.54) is 0 Å². The Hall–Kier alpha value is -1.11. The number of piperidine rings is 1. The normalized spacial score (nSPS) is 19.8. The number of hydrogen-bond acceptors (Lipinski definition) is 4. The quantitative estimate of drug-likeness (QED) is 0.745. The molecule has 1 aliphatic heterocycles. The van der Waals surface area contributed by atoms with Crippen LogP contribution in [0.15, 0.2) is 29.2 Å². The largest absolute Gasteiger partial charge is 0.380 e. The monoisotopic (exact) mass is 297 g/mol. The van der Waals surface area contributed by atoms with Crippen molar-refractivity contribution in [1.29, 1.82) is 0 Å². The molecule has 0 aliphatic carbocycles. The van der Waals surface area contributed by atoms with E-state index in [-0.39, 0.29) is 6.04 Å². The molecule has 1 unspecified atom stereocenters. The van der Waals surface area contributed by atoms with Gasteiger partial charge in [-0.3, -0.25) is 0 Å². The highest BCUT2D eigenvalue weighted by atomic mass is 32.2. The van der Waals surface area contributed by atoms with Gasteiger partial charge in [-0.1, -0.05) is 19.1 Å². The fourth-order valence-electron chi connectivity index (χ4n) is 2.33. The Morgan fingerprint density at radius 1 is 1.35 bits per heavy atom. The summed E-state index contributed by atoms with van der Waals surface area (Å²) >= 11 is 0. The summed E-state index contributed by atoms with van der Waals surface area (Å²) in [6, 6.07) is 7.37. The topological polar surface area (TPSA) is 70.2 Å². The lowest BCUT2D eigenvalue weighted by Gasteiger charge is -2.25. The molecule has 1 atom stereocenters. The molecule has 0 bridgehead atoms. The number of benzene rings is 1. The van der Waals surface area contributed by atoms with Crippen molar-refractivity contribution in [3.63, 3.8) is 0 Å². The number of anilines is 1. The molecule has 1 saturated heterocycles. The van der Waals surface area contributed by atoms with E-state index in [1.54, 1.807) is 12.1 Å². The Balaban J connectivity index is 2.17. The van der Waals surface area contributed by atoms with Crippen LogP contribution in [0.3, 0.4) is 0 Å². The number of rotatable bonds is 6. The maximum Gasteiger partial charge on any atom is 0.242 e. The predicted octanol–water partition coefficient (Wildman–Crippen LogP) is 1.54. The summed E-state index contributed by atoms with van der Waals surface area (Å²) in [4.78, 5) is 0.332. The van der Waals surface area contributed by atoms with Crippen LogP contribution >= 0.6 is 0 Å². The van der Waals surface area contributed by atoms with Crippen LogP contribution in [0.4, 0.5) is 5.69 Å². The van der Waals surface area contributed by atoms with E-state index in [9.17, 15) is 8.42 Å². The third-order valence-electron chi connectivity index (χ3n) is 3.38. The molecule has 1 aromatic carbocycles. The number of para-hydroxylation sites is 1. The van der Waals surface area contributed by atoms with Crippen molar-refractivity contribution >= 4 is 15.7 Å². The second-order valence-electron chi connectivity index (χ2n) is 5.08. The minimum absolute atomic E-state index is 0.284. The lowest BCUT2D eigenvalue weighted by atomic mass is 10.1. The average Bonchev–Trinajstić information content (AvgIpc) is 2.47. The molecule has 0 aromatic heterocycles. The number of hydrogen-bond donors (Lipinski definition) is 3. The van der Waals surface area contributed by atoms with Gasteiger partial charge in [-0.05, 0) is 37.9 Å². The first-order chi connectivity index (χ1) is 9.63. The third kappa shape index (κ3) is 3.94. The summed E-state index contributed by atoms with van der Waals surface area (Å²) in [7, 11) is -3.44. The minimum Gasteiger partial charge on any atom is -0.380 e. The molecule has 112 valence electrons. The number of sulfonamides is 1. The molecule has 0 radical (unpaired) electrons. The van der Waals surface area contributed by atoms with Gasteiger partial charge in [0.05, 0.1) is 5.69 Å². The highest BCUT2D eigenvalue weighted by Gasteiger charge is 2.20. The van der Waals surface area contributed by atoms with Gasteiger partial charge in [0.2, 0.25) is 10.0 Å². The van der Waals surface area contributed by atoms with Crippen LogP contribution < -0.4 is 15.4 Å². The van der Waals surface area contributed by atoms with Crippen molar-refractivity contribution in [2.75, 3.05) is 25.0 Å². The zero-order valence-electron chi connectivity index (χ0n) is 11.9. The van der Waals surface area contributed by atoms with Crippen LogP contribution in [0.1, 0.15) is 26.2 Å². The summed E-state index contributed by atoms with van der Waals surface area (Å²) in [6.07, 6.45) is 2.95. The summed E-state index contributed by atoms with van der Waals surface area (Å²) in [5, 5.41) is 6.67. The van der Waals surface area contributed by atoms with E-state index in [0.717, 1.165) is 32.4 Å². The SMILES string of the molecule is CCCNS(=O)(=O)c1ccccc1NC1CCCNC1. The molecule has 0 spiro atoms. The van der Waals surface area contributed by atoms with E-state index in [2.05, 4.69) is 15.4 Å². The van der Waals surface area contributed by atoms with Crippen LogP contribution in [0.5, 0.6) is 0 Å². The van der Waals surface area contributed by atoms with Crippen molar-refractivity contribution in [3.05, 3.63) is 24.3 Å². The predicted molar refractivity (Wildman–Crippen MR) is 81.4 cm³/mol. The van der Waals surface area contributed by atoms with Crippen LogP contribution in [-0.2, 0) is 10.0 Å². The van der Waals surface area contributed by atoms with Crippen LogP contribution in [0.25, 0.3) is 0 Å². The summed E-state index contributed by atoms with van der Waals surface area (Å²) in [5.74, 6) is 0. The molecule has 0 saturated carbocycles. The minimum atomic E-state index is -3.44.